The molecule has 4 aromatic carbocycles. The van der Waals surface area contributed by atoms with Crippen molar-refractivity contribution in [3.05, 3.63) is 153 Å². The van der Waals surface area contributed by atoms with E-state index < -0.39 is 0 Å². The molecule has 0 saturated carbocycles. The first kappa shape index (κ1) is 46.6. The van der Waals surface area contributed by atoms with Crippen LogP contribution in [0.15, 0.2) is 84.9 Å². The molecule has 0 aliphatic heterocycles. The number of rotatable bonds is 5. The zero-order chi connectivity index (χ0) is 36.5. The van der Waals surface area contributed by atoms with E-state index >= 15 is 0 Å². The first-order chi connectivity index (χ1) is 22.1. The van der Waals surface area contributed by atoms with Crippen molar-refractivity contribution >= 4 is 29.4 Å². The van der Waals surface area contributed by atoms with Gasteiger partial charge in [0.2, 0.25) is 0 Å². The molecule has 4 aromatic rings. The molecule has 0 bridgehead atoms. The summed E-state index contributed by atoms with van der Waals surface area (Å²) in [5.41, 5.74) is 7.08. The van der Waals surface area contributed by atoms with E-state index in [0.717, 1.165) is 34.7 Å². The molecule has 0 atom stereocenters. The number of aromatic hydroxyl groups is 2. The smallest absolute Gasteiger partial charge is 0.810 e. The summed E-state index contributed by atoms with van der Waals surface area (Å²) < 4.78 is 0. The summed E-state index contributed by atoms with van der Waals surface area (Å²) in [4.78, 5) is 0. The number of phenolic OH excluding ortho intramolecular Hbond substituents is 2. The van der Waals surface area contributed by atoms with Crippen LogP contribution in [-0.2, 0) is 39.0 Å². The summed E-state index contributed by atoms with van der Waals surface area (Å²) in [6.07, 6.45) is 6.18. The van der Waals surface area contributed by atoms with Crippen molar-refractivity contribution in [1.82, 2.24) is 0 Å². The van der Waals surface area contributed by atoms with Gasteiger partial charge in [-0.15, -0.1) is 41.2 Å². The van der Waals surface area contributed by atoms with E-state index in [1.165, 1.54) is 11.1 Å². The third-order valence-corrected chi connectivity index (χ3v) is 7.97. The van der Waals surface area contributed by atoms with Crippen molar-refractivity contribution in [3.63, 3.8) is 0 Å². The van der Waals surface area contributed by atoms with Crippen molar-refractivity contribution in [2.24, 2.45) is 0 Å². The Labute approximate surface area is 324 Å². The maximum absolute atomic E-state index is 10.1. The van der Waals surface area contributed by atoms with Crippen LogP contribution in [0.1, 0.15) is 128 Å². The third-order valence-electron chi connectivity index (χ3n) is 7.97. The monoisotopic (exact) mass is 776 g/mol. The normalized spacial score (nSPS) is 11.2. The molecule has 50 heavy (non-hydrogen) atoms. The van der Waals surface area contributed by atoms with Crippen LogP contribution in [0.4, 0.5) is 0 Å². The topological polar surface area (TPSA) is 85.1 Å². The zero-order valence-electron chi connectivity index (χ0n) is 32.0. The molecule has 268 valence electrons. The molecule has 0 amide bonds. The van der Waals surface area contributed by atoms with Gasteiger partial charge in [0.25, 0.3) is 0 Å². The first-order valence-corrected chi connectivity index (χ1v) is 16.6. The number of nitrogens with zero attached hydrogens (tertiary/aromatic N) is 2. The van der Waals surface area contributed by atoms with Gasteiger partial charge in [-0.3, -0.25) is 0 Å². The van der Waals surface area contributed by atoms with E-state index in [1.54, 1.807) is 0 Å². The molecule has 4 rings (SSSR count). The van der Waals surface area contributed by atoms with Crippen molar-refractivity contribution in [1.29, 1.82) is 0 Å². The van der Waals surface area contributed by atoms with Gasteiger partial charge in [0.15, 0.2) is 0 Å². The Kier molecular flexibility index (Phi) is 17.9. The number of hydrogen-bond acceptors (Lipinski definition) is 2. The van der Waals surface area contributed by atoms with Gasteiger partial charge in [0.1, 0.15) is 11.5 Å². The van der Waals surface area contributed by atoms with E-state index in [2.05, 4.69) is 120 Å². The van der Waals surface area contributed by atoms with E-state index in [4.69, 9.17) is 0 Å². The van der Waals surface area contributed by atoms with E-state index in [1.807, 2.05) is 60.7 Å². The molecule has 0 radical (unpaired) electrons. The van der Waals surface area contributed by atoms with Crippen LogP contribution >= 0.6 is 17.0 Å². The van der Waals surface area contributed by atoms with Crippen LogP contribution in [0.5, 0.6) is 11.5 Å². The second-order valence-electron chi connectivity index (χ2n) is 16.3. The number of halogens is 1. The molecular formula is C44H57BrCrN2O2. The second-order valence-corrected chi connectivity index (χ2v) is 16.3. The Morgan fingerprint density at radius 3 is 0.980 bits per heavy atom. The Morgan fingerprint density at radius 2 is 0.760 bits per heavy atom. The van der Waals surface area contributed by atoms with Crippen LogP contribution in [0.3, 0.4) is 0 Å². The molecule has 6 heteroatoms. The summed E-state index contributed by atoms with van der Waals surface area (Å²) in [5.74, 6) is 0.348. The molecule has 0 fully saturated rings. The molecule has 0 aromatic heterocycles. The van der Waals surface area contributed by atoms with Crippen LogP contribution in [0.25, 0.3) is 10.8 Å². The molecule has 2 N–H and O–H groups in total. The van der Waals surface area contributed by atoms with Crippen LogP contribution in [0.2, 0.25) is 0 Å². The Hall–Kier alpha value is -3.43. The Bertz CT molecular complexity index is 1520. The minimum absolute atomic E-state index is 0. The fraction of sp³-hybridized carbons (Fsp3) is 0.364. The molecule has 0 saturated heterocycles. The van der Waals surface area contributed by atoms with Gasteiger partial charge in [0.05, 0.1) is 0 Å². The third kappa shape index (κ3) is 14.1. The van der Waals surface area contributed by atoms with Crippen LogP contribution < -0.4 is 0 Å². The fourth-order valence-electron chi connectivity index (χ4n) is 4.84. The van der Waals surface area contributed by atoms with Crippen molar-refractivity contribution in [3.8, 4) is 11.5 Å². The molecule has 4 nitrogen and oxygen atoms in total. The van der Waals surface area contributed by atoms with Crippen molar-refractivity contribution < 1.29 is 27.6 Å². The summed E-state index contributed by atoms with van der Waals surface area (Å²) in [5, 5.41) is 38.7. The second kappa shape index (κ2) is 19.3. The van der Waals surface area contributed by atoms with Crippen LogP contribution in [0, 0.1) is 12.8 Å². The predicted octanol–water partition coefficient (Wildman–Crippen LogP) is 12.0. The quantitative estimate of drug-likeness (QED) is 0.156. The zero-order valence-corrected chi connectivity index (χ0v) is 35.0. The van der Waals surface area contributed by atoms with Gasteiger partial charge in [-0.25, -0.2) is 24.0 Å². The Morgan fingerprint density at radius 1 is 0.480 bits per heavy atom. The minimum Gasteiger partial charge on any atom is -0.810 e. The number of benzene rings is 4. The molecule has 0 unspecified atom stereocenters. The first-order valence-electron chi connectivity index (χ1n) is 16.6. The van der Waals surface area contributed by atoms with Crippen molar-refractivity contribution in [2.75, 3.05) is 0 Å². The average Bonchev–Trinajstić information content (AvgIpc) is 2.99. The molecule has 0 heterocycles. The summed E-state index contributed by atoms with van der Waals surface area (Å²) >= 11 is 0. The van der Waals surface area contributed by atoms with Gasteiger partial charge in [-0.2, -0.15) is 36.7 Å². The van der Waals surface area contributed by atoms with E-state index in [0.29, 0.717) is 11.1 Å². The molecule has 0 spiro atoms. The van der Waals surface area contributed by atoms with Gasteiger partial charge in [-0.1, -0.05) is 107 Å². The SMILES string of the molecule is Br.CC(C)(C)c1cc(C=[N-])c(O)c(C(C)(C)C)c1.CC(C)(C)c1cc(C=[N-])c(O)c(C(C)(C)C)c1.[Cr+4].c1ccc([CH-][CH-]c2ccccc2)cc1. The average molecular weight is 778 g/mol. The van der Waals surface area contributed by atoms with Crippen molar-refractivity contribution in [2.45, 2.75) is 105 Å². The summed E-state index contributed by atoms with van der Waals surface area (Å²) in [6.45, 7) is 25.0. The number of hydrogen-bond donors (Lipinski definition) is 2. The molecule has 0 aliphatic carbocycles. The molecular weight excluding hydrogens is 720 g/mol. The van der Waals surface area contributed by atoms with Gasteiger partial charge >= 0.3 is 17.4 Å². The fourth-order valence-corrected chi connectivity index (χ4v) is 4.84. The van der Waals surface area contributed by atoms with E-state index in [9.17, 15) is 21.0 Å². The van der Waals surface area contributed by atoms with Gasteiger partial charge in [-0.05, 0) is 56.0 Å². The maximum atomic E-state index is 10.1. The predicted molar refractivity (Wildman–Crippen MR) is 218 cm³/mol. The summed E-state index contributed by atoms with van der Waals surface area (Å²) in [6, 6.07) is 28.4. The molecule has 0 aliphatic rings. The maximum Gasteiger partial charge on any atom is 4.00 e. The minimum atomic E-state index is -0.150. The number of phenols is 2. The largest absolute Gasteiger partial charge is 4.00 e. The standard InChI is InChI=1S/2C15H22NO.C14H12.BrH.Cr/c2*1-14(2,3)11-7-10(9-16)13(17)12(8-11)15(4,5)6;1-3-7-13(8-4-1)11-12-14-9-5-2-6-10-14;;/h2*7-9,17H,1-6H3;1-12H;1H;/q2*-1;-2;;+4. The van der Waals surface area contributed by atoms with Gasteiger partial charge < -0.3 is 21.0 Å². The Balaban J connectivity index is 0.000000709. The van der Waals surface area contributed by atoms with Gasteiger partial charge in [0, 0.05) is 11.1 Å². The summed E-state index contributed by atoms with van der Waals surface area (Å²) in [7, 11) is 0. The van der Waals surface area contributed by atoms with E-state index in [-0.39, 0.29) is 67.5 Å². The van der Waals surface area contributed by atoms with Crippen LogP contribution in [-0.4, -0.2) is 22.6 Å².